The molecule has 0 fully saturated rings. The summed E-state index contributed by atoms with van der Waals surface area (Å²) in [6, 6.07) is -0.891. The molecule has 2 atom stereocenters. The third kappa shape index (κ3) is 7.85. The minimum absolute atomic E-state index is 0.166. The van der Waals surface area contributed by atoms with Crippen LogP contribution in [0.15, 0.2) is 0 Å². The fourth-order valence-corrected chi connectivity index (χ4v) is 2.81. The summed E-state index contributed by atoms with van der Waals surface area (Å²) in [5, 5.41) is 2.37. The molecule has 0 aromatic heterocycles. The van der Waals surface area contributed by atoms with E-state index in [-0.39, 0.29) is 19.2 Å². The van der Waals surface area contributed by atoms with Crippen LogP contribution in [-0.2, 0) is 23.4 Å². The van der Waals surface area contributed by atoms with E-state index in [0.717, 1.165) is 0 Å². The smallest absolute Gasteiger partial charge is 0.407 e. The van der Waals surface area contributed by atoms with Gasteiger partial charge in [-0.25, -0.2) is 9.59 Å². The number of esters is 1. The summed E-state index contributed by atoms with van der Waals surface area (Å²) >= 11 is 0. The lowest BCUT2D eigenvalue weighted by Crippen LogP contribution is -2.42. The fourth-order valence-electron chi connectivity index (χ4n) is 1.41. The Bertz CT molecular complexity index is 346. The Balaban J connectivity index is 4.48. The molecule has 1 unspecified atom stereocenters. The number of nitrogens with one attached hydrogen (secondary N) is 1. The van der Waals surface area contributed by atoms with E-state index >= 15 is 0 Å². The summed E-state index contributed by atoms with van der Waals surface area (Å²) in [7, 11) is -1.54. The van der Waals surface area contributed by atoms with Gasteiger partial charge in [0.05, 0.1) is 20.3 Å². The van der Waals surface area contributed by atoms with Crippen LogP contribution >= 0.6 is 7.37 Å². The largest absolute Gasteiger partial charge is 0.467 e. The first-order valence-corrected chi connectivity index (χ1v) is 8.34. The third-order valence-corrected chi connectivity index (χ3v) is 4.15. The molecule has 0 radical (unpaired) electrons. The van der Waals surface area contributed by atoms with Crippen LogP contribution in [0.4, 0.5) is 4.79 Å². The Kier molecular flexibility index (Phi) is 8.43. The zero-order valence-corrected chi connectivity index (χ0v) is 12.7. The van der Waals surface area contributed by atoms with Crippen molar-refractivity contribution < 1.29 is 28.2 Å². The maximum Gasteiger partial charge on any atom is 0.407 e. The number of amides is 1. The average molecular weight is 295 g/mol. The number of methoxy groups -OCH3 is 1. The zero-order chi connectivity index (χ0) is 14.9. The molecule has 1 N–H and O–H groups in total. The van der Waals surface area contributed by atoms with E-state index in [9.17, 15) is 14.2 Å². The number of hydrogen-bond donors (Lipinski definition) is 1. The van der Waals surface area contributed by atoms with Gasteiger partial charge in [-0.3, -0.25) is 4.57 Å². The highest BCUT2D eigenvalue weighted by atomic mass is 31.2. The summed E-state index contributed by atoms with van der Waals surface area (Å²) in [4.78, 5) is 22.8. The van der Waals surface area contributed by atoms with E-state index < -0.39 is 25.5 Å². The van der Waals surface area contributed by atoms with E-state index in [1.54, 1.807) is 13.8 Å². The molecule has 8 heteroatoms. The highest BCUT2D eigenvalue weighted by Gasteiger charge is 2.25. The summed E-state index contributed by atoms with van der Waals surface area (Å²) in [6.45, 7) is 5.43. The molecular formula is C11H22NO6P. The molecule has 0 bridgehead atoms. The zero-order valence-electron chi connectivity index (χ0n) is 11.8. The Morgan fingerprint density at radius 1 is 1.26 bits per heavy atom. The van der Waals surface area contributed by atoms with Gasteiger partial charge in [0.2, 0.25) is 0 Å². The summed E-state index contributed by atoms with van der Waals surface area (Å²) in [5.74, 6) is -0.607. The Morgan fingerprint density at radius 3 is 2.37 bits per heavy atom. The first-order chi connectivity index (χ1) is 8.86. The van der Waals surface area contributed by atoms with Crippen molar-refractivity contribution in [2.75, 3.05) is 33.2 Å². The Hall–Kier alpha value is -1.07. The van der Waals surface area contributed by atoms with Crippen molar-refractivity contribution in [3.05, 3.63) is 0 Å². The second-order valence-corrected chi connectivity index (χ2v) is 6.62. The van der Waals surface area contributed by atoms with Gasteiger partial charge in [0.25, 0.3) is 0 Å². The number of carbonyl (C=O) groups is 2. The maximum atomic E-state index is 11.9. The number of hydrogen-bond acceptors (Lipinski definition) is 6. The lowest BCUT2D eigenvalue weighted by molar-refractivity contribution is -0.143. The van der Waals surface area contributed by atoms with E-state index in [1.165, 1.54) is 13.8 Å². The summed E-state index contributed by atoms with van der Waals surface area (Å²) < 4.78 is 26.3. The lowest BCUT2D eigenvalue weighted by Gasteiger charge is -2.18. The third-order valence-electron chi connectivity index (χ3n) is 2.28. The summed E-state index contributed by atoms with van der Waals surface area (Å²) in [6.07, 6.45) is -0.369. The Morgan fingerprint density at radius 2 is 1.89 bits per heavy atom. The van der Waals surface area contributed by atoms with Crippen molar-refractivity contribution in [3.63, 3.8) is 0 Å². The molecule has 0 saturated carbocycles. The predicted octanol–water partition coefficient (Wildman–Crippen LogP) is 1.61. The molecule has 0 heterocycles. The molecule has 0 aliphatic rings. The van der Waals surface area contributed by atoms with Crippen molar-refractivity contribution in [3.8, 4) is 0 Å². The van der Waals surface area contributed by atoms with Gasteiger partial charge in [-0.1, -0.05) is 0 Å². The number of carbonyl (C=O) groups excluding carboxylic acids is 2. The van der Waals surface area contributed by atoms with Gasteiger partial charge >= 0.3 is 12.1 Å². The van der Waals surface area contributed by atoms with Gasteiger partial charge in [0.1, 0.15) is 6.04 Å². The van der Waals surface area contributed by atoms with Crippen molar-refractivity contribution in [1.82, 2.24) is 5.32 Å². The standard InChI is InChI=1S/C11H22NO6P/c1-5-17-11(14)12-9(10(13)16-3)7-8-19(4,15)18-6-2/h9H,5-8H2,1-4H3,(H,12,14)/t9-,19?/m0/s1. The molecule has 0 aromatic carbocycles. The predicted molar refractivity (Wildman–Crippen MR) is 70.6 cm³/mol. The highest BCUT2D eigenvalue weighted by molar-refractivity contribution is 7.58. The monoisotopic (exact) mass is 295 g/mol. The van der Waals surface area contributed by atoms with Crippen molar-refractivity contribution in [2.45, 2.75) is 26.3 Å². The minimum atomic E-state index is -2.76. The maximum absolute atomic E-state index is 11.9. The number of ether oxygens (including phenoxy) is 2. The van der Waals surface area contributed by atoms with Crippen LogP contribution in [0.3, 0.4) is 0 Å². The second-order valence-electron chi connectivity index (χ2n) is 3.88. The minimum Gasteiger partial charge on any atom is -0.467 e. The average Bonchev–Trinajstić information content (AvgIpc) is 2.33. The van der Waals surface area contributed by atoms with Crippen LogP contribution in [0.1, 0.15) is 20.3 Å². The second kappa shape index (κ2) is 8.93. The fraction of sp³-hybridized carbons (Fsp3) is 0.818. The molecule has 0 aliphatic carbocycles. The Labute approximate surface area is 113 Å². The van der Waals surface area contributed by atoms with Crippen LogP contribution in [0.2, 0.25) is 0 Å². The quantitative estimate of drug-likeness (QED) is 0.540. The SMILES string of the molecule is CCOC(=O)N[C@@H](CCP(C)(=O)OCC)C(=O)OC. The molecule has 1 amide bonds. The van der Waals surface area contributed by atoms with Crippen molar-refractivity contribution >= 4 is 19.4 Å². The molecule has 7 nitrogen and oxygen atoms in total. The van der Waals surface area contributed by atoms with Gasteiger partial charge in [-0.15, -0.1) is 0 Å². The lowest BCUT2D eigenvalue weighted by atomic mass is 10.2. The van der Waals surface area contributed by atoms with E-state index in [2.05, 4.69) is 14.8 Å². The van der Waals surface area contributed by atoms with E-state index in [4.69, 9.17) is 4.52 Å². The van der Waals surface area contributed by atoms with E-state index in [1.807, 2.05) is 0 Å². The van der Waals surface area contributed by atoms with Crippen LogP contribution < -0.4 is 5.32 Å². The molecular weight excluding hydrogens is 273 g/mol. The number of alkyl carbamates (subject to hydrolysis) is 1. The molecule has 0 spiro atoms. The van der Waals surface area contributed by atoms with Crippen LogP contribution in [-0.4, -0.2) is 51.3 Å². The highest BCUT2D eigenvalue weighted by Crippen LogP contribution is 2.43. The molecule has 0 saturated heterocycles. The summed E-state index contributed by atoms with van der Waals surface area (Å²) in [5.41, 5.74) is 0. The van der Waals surface area contributed by atoms with Crippen LogP contribution in [0.5, 0.6) is 0 Å². The van der Waals surface area contributed by atoms with Crippen LogP contribution in [0, 0.1) is 0 Å². The molecule has 0 aromatic rings. The van der Waals surface area contributed by atoms with Gasteiger partial charge in [0.15, 0.2) is 7.37 Å². The van der Waals surface area contributed by atoms with Gasteiger partial charge in [-0.05, 0) is 20.3 Å². The number of rotatable bonds is 8. The first kappa shape index (κ1) is 17.9. The van der Waals surface area contributed by atoms with Crippen LogP contribution in [0.25, 0.3) is 0 Å². The van der Waals surface area contributed by atoms with Gasteiger partial charge in [0, 0.05) is 12.8 Å². The van der Waals surface area contributed by atoms with Crippen molar-refractivity contribution in [1.29, 1.82) is 0 Å². The van der Waals surface area contributed by atoms with E-state index in [0.29, 0.717) is 6.61 Å². The molecule has 0 aliphatic heterocycles. The normalized spacial score (nSPS) is 15.2. The topological polar surface area (TPSA) is 90.9 Å². The molecule has 112 valence electrons. The van der Waals surface area contributed by atoms with Gasteiger partial charge < -0.3 is 19.3 Å². The molecule has 0 rings (SSSR count). The molecule has 19 heavy (non-hydrogen) atoms. The first-order valence-electron chi connectivity index (χ1n) is 6.08. The van der Waals surface area contributed by atoms with Gasteiger partial charge in [-0.2, -0.15) is 0 Å². The van der Waals surface area contributed by atoms with Crippen molar-refractivity contribution in [2.24, 2.45) is 0 Å².